The van der Waals surface area contributed by atoms with Gasteiger partial charge < -0.3 is 9.47 Å². The summed E-state index contributed by atoms with van der Waals surface area (Å²) in [4.78, 5) is 23.3. The van der Waals surface area contributed by atoms with Gasteiger partial charge in [0.15, 0.2) is 5.82 Å². The number of imidazole rings is 1. The van der Waals surface area contributed by atoms with Gasteiger partial charge in [0, 0.05) is 42.7 Å². The van der Waals surface area contributed by atoms with Crippen LogP contribution in [0, 0.1) is 0 Å². The van der Waals surface area contributed by atoms with Crippen molar-refractivity contribution in [2.75, 3.05) is 6.54 Å². The van der Waals surface area contributed by atoms with Crippen LogP contribution in [0.3, 0.4) is 0 Å². The van der Waals surface area contributed by atoms with Crippen LogP contribution in [0.5, 0.6) is 0 Å². The molecule has 1 N–H and O–H groups in total. The van der Waals surface area contributed by atoms with Gasteiger partial charge in [0.25, 0.3) is 5.91 Å². The first-order valence-corrected chi connectivity index (χ1v) is 9.04. The molecule has 1 unspecified atom stereocenters. The Bertz CT molecular complexity index is 826. The van der Waals surface area contributed by atoms with Gasteiger partial charge in [0.2, 0.25) is 0 Å². The number of benzene rings is 1. The molecule has 0 spiro atoms. The van der Waals surface area contributed by atoms with Gasteiger partial charge in [0.1, 0.15) is 6.33 Å². The summed E-state index contributed by atoms with van der Waals surface area (Å²) in [6.07, 6.45) is 11.3. The van der Waals surface area contributed by atoms with Gasteiger partial charge >= 0.3 is 0 Å². The number of nitrogens with zero attached hydrogens (tertiary/aromatic N) is 5. The van der Waals surface area contributed by atoms with E-state index in [1.807, 2.05) is 41.7 Å². The van der Waals surface area contributed by atoms with Crippen LogP contribution < -0.4 is 0 Å². The monoisotopic (exact) mass is 350 g/mol. The van der Waals surface area contributed by atoms with Crippen LogP contribution >= 0.6 is 0 Å². The molecule has 1 atom stereocenters. The molecule has 7 heteroatoms. The number of amides is 1. The van der Waals surface area contributed by atoms with Gasteiger partial charge in [-0.05, 0) is 37.8 Å². The molecule has 1 saturated heterocycles. The van der Waals surface area contributed by atoms with Gasteiger partial charge in [0.05, 0.1) is 6.33 Å². The molecule has 26 heavy (non-hydrogen) atoms. The van der Waals surface area contributed by atoms with E-state index in [0.29, 0.717) is 5.82 Å². The van der Waals surface area contributed by atoms with E-state index in [9.17, 15) is 4.79 Å². The first-order valence-electron chi connectivity index (χ1n) is 9.04. The quantitative estimate of drug-likeness (QED) is 0.767. The molecular formula is C19H22N6O. The lowest BCUT2D eigenvalue weighted by molar-refractivity contribution is 0.0595. The second-order valence-corrected chi connectivity index (χ2v) is 6.65. The first-order chi connectivity index (χ1) is 12.8. The van der Waals surface area contributed by atoms with Crippen LogP contribution in [-0.2, 0) is 6.54 Å². The lowest BCUT2D eigenvalue weighted by Crippen LogP contribution is -2.44. The highest BCUT2D eigenvalue weighted by Gasteiger charge is 2.27. The zero-order chi connectivity index (χ0) is 17.8. The van der Waals surface area contributed by atoms with Crippen molar-refractivity contribution in [1.82, 2.24) is 29.6 Å². The summed E-state index contributed by atoms with van der Waals surface area (Å²) in [5, 5.41) is 6.70. The SMILES string of the molecule is O=C(c1ccc(-c2ncn[nH]2)cc1)N1CCCCC1CCn1ccnc1. The van der Waals surface area contributed by atoms with Gasteiger partial charge in [-0.25, -0.2) is 9.97 Å². The lowest BCUT2D eigenvalue weighted by Gasteiger charge is -2.36. The zero-order valence-corrected chi connectivity index (χ0v) is 14.6. The molecule has 1 aliphatic heterocycles. The van der Waals surface area contributed by atoms with E-state index < -0.39 is 0 Å². The Morgan fingerprint density at radius 1 is 1.23 bits per heavy atom. The second kappa shape index (κ2) is 7.51. The van der Waals surface area contributed by atoms with Crippen molar-refractivity contribution in [3.63, 3.8) is 0 Å². The number of hydrogen-bond donors (Lipinski definition) is 1. The molecule has 1 amide bonds. The highest BCUT2D eigenvalue weighted by molar-refractivity contribution is 5.94. The van der Waals surface area contributed by atoms with Crippen LogP contribution in [0.4, 0.5) is 0 Å². The van der Waals surface area contributed by atoms with Gasteiger partial charge in [-0.1, -0.05) is 12.1 Å². The van der Waals surface area contributed by atoms with Gasteiger partial charge in [-0.15, -0.1) is 0 Å². The average molecular weight is 350 g/mol. The van der Waals surface area contributed by atoms with Crippen molar-refractivity contribution in [3.05, 3.63) is 54.9 Å². The predicted octanol–water partition coefficient (Wildman–Crippen LogP) is 2.75. The Balaban J connectivity index is 1.46. The minimum Gasteiger partial charge on any atom is -0.337 e. The van der Waals surface area contributed by atoms with Crippen LogP contribution in [0.2, 0.25) is 0 Å². The molecule has 1 aromatic carbocycles. The predicted molar refractivity (Wildman–Crippen MR) is 97.3 cm³/mol. The number of piperidine rings is 1. The van der Waals surface area contributed by atoms with E-state index in [1.54, 1.807) is 6.20 Å². The summed E-state index contributed by atoms with van der Waals surface area (Å²) in [5.74, 6) is 0.824. The molecule has 134 valence electrons. The molecule has 0 bridgehead atoms. The average Bonchev–Trinajstić information content (AvgIpc) is 3.40. The Kier molecular flexibility index (Phi) is 4.77. The standard InChI is InChI=1S/C19H22N6O/c26-19(16-6-4-15(5-7-16)18-21-13-22-23-18)25-10-2-1-3-17(25)8-11-24-12-9-20-14-24/h4-7,9,12-14,17H,1-3,8,10-11H2,(H,21,22,23). The smallest absolute Gasteiger partial charge is 0.254 e. The molecule has 3 heterocycles. The molecule has 1 aliphatic rings. The van der Waals surface area contributed by atoms with E-state index in [2.05, 4.69) is 24.7 Å². The molecule has 0 radical (unpaired) electrons. The summed E-state index contributed by atoms with van der Waals surface area (Å²) >= 11 is 0. The third-order valence-corrected chi connectivity index (χ3v) is 4.99. The number of aromatic amines is 1. The summed E-state index contributed by atoms with van der Waals surface area (Å²) in [5.41, 5.74) is 1.65. The van der Waals surface area contributed by atoms with Crippen molar-refractivity contribution in [2.45, 2.75) is 38.3 Å². The van der Waals surface area contributed by atoms with E-state index in [4.69, 9.17) is 0 Å². The van der Waals surface area contributed by atoms with E-state index in [1.165, 1.54) is 12.7 Å². The van der Waals surface area contributed by atoms with Crippen LogP contribution in [0.25, 0.3) is 11.4 Å². The number of likely N-dealkylation sites (tertiary alicyclic amines) is 1. The fourth-order valence-electron chi connectivity index (χ4n) is 3.57. The highest BCUT2D eigenvalue weighted by atomic mass is 16.2. The normalized spacial score (nSPS) is 17.4. The first kappa shape index (κ1) is 16.5. The van der Waals surface area contributed by atoms with Crippen LogP contribution in [-0.4, -0.2) is 48.1 Å². The van der Waals surface area contributed by atoms with Crippen molar-refractivity contribution < 1.29 is 4.79 Å². The van der Waals surface area contributed by atoms with Crippen molar-refractivity contribution >= 4 is 5.91 Å². The molecule has 1 fully saturated rings. The van der Waals surface area contributed by atoms with E-state index >= 15 is 0 Å². The molecule has 3 aromatic rings. The van der Waals surface area contributed by atoms with Crippen molar-refractivity contribution in [3.8, 4) is 11.4 Å². The number of aryl methyl sites for hydroxylation is 1. The number of aromatic nitrogens is 5. The van der Waals surface area contributed by atoms with Crippen molar-refractivity contribution in [1.29, 1.82) is 0 Å². The molecule has 7 nitrogen and oxygen atoms in total. The second-order valence-electron chi connectivity index (χ2n) is 6.65. The van der Waals surface area contributed by atoms with Crippen LogP contribution in [0.1, 0.15) is 36.0 Å². The Morgan fingerprint density at radius 2 is 2.12 bits per heavy atom. The maximum absolute atomic E-state index is 13.0. The Labute approximate surface area is 152 Å². The fraction of sp³-hybridized carbons (Fsp3) is 0.368. The number of carbonyl (C=O) groups is 1. The summed E-state index contributed by atoms with van der Waals surface area (Å²) in [7, 11) is 0. The number of nitrogens with one attached hydrogen (secondary N) is 1. The van der Waals surface area contributed by atoms with Gasteiger partial charge in [-0.3, -0.25) is 9.89 Å². The molecular weight excluding hydrogens is 328 g/mol. The highest BCUT2D eigenvalue weighted by Crippen LogP contribution is 2.23. The fourth-order valence-corrected chi connectivity index (χ4v) is 3.57. The summed E-state index contributed by atoms with van der Waals surface area (Å²) < 4.78 is 2.07. The Morgan fingerprint density at radius 3 is 2.85 bits per heavy atom. The number of rotatable bonds is 5. The van der Waals surface area contributed by atoms with E-state index in [0.717, 1.165) is 43.5 Å². The third-order valence-electron chi connectivity index (χ3n) is 4.99. The number of hydrogen-bond acceptors (Lipinski definition) is 4. The maximum atomic E-state index is 13.0. The third kappa shape index (κ3) is 3.51. The Hall–Kier alpha value is -2.96. The molecule has 2 aromatic heterocycles. The minimum atomic E-state index is 0.115. The molecule has 0 aliphatic carbocycles. The van der Waals surface area contributed by atoms with Crippen LogP contribution in [0.15, 0.2) is 49.3 Å². The molecule has 0 saturated carbocycles. The largest absolute Gasteiger partial charge is 0.337 e. The maximum Gasteiger partial charge on any atom is 0.254 e. The lowest BCUT2D eigenvalue weighted by atomic mass is 9.98. The topological polar surface area (TPSA) is 79.7 Å². The minimum absolute atomic E-state index is 0.115. The zero-order valence-electron chi connectivity index (χ0n) is 14.6. The summed E-state index contributed by atoms with van der Waals surface area (Å²) in [6, 6.07) is 7.87. The van der Waals surface area contributed by atoms with E-state index in [-0.39, 0.29) is 11.9 Å². The molecule has 4 rings (SSSR count). The van der Waals surface area contributed by atoms with Crippen molar-refractivity contribution in [2.24, 2.45) is 0 Å². The van der Waals surface area contributed by atoms with Gasteiger partial charge in [-0.2, -0.15) is 5.10 Å². The number of carbonyl (C=O) groups excluding carboxylic acids is 1. The summed E-state index contributed by atoms with van der Waals surface area (Å²) in [6.45, 7) is 1.72. The number of H-pyrrole nitrogens is 1.